The molecule has 1 heterocycles. The zero-order valence-corrected chi connectivity index (χ0v) is 18.3. The summed E-state index contributed by atoms with van der Waals surface area (Å²) in [6.07, 6.45) is 5.66. The van der Waals surface area contributed by atoms with E-state index in [9.17, 15) is 4.39 Å². The van der Waals surface area contributed by atoms with Gasteiger partial charge >= 0.3 is 0 Å². The zero-order chi connectivity index (χ0) is 20.4. The monoisotopic (exact) mass is 388 g/mol. The van der Waals surface area contributed by atoms with Gasteiger partial charge in [0.15, 0.2) is 5.69 Å². The van der Waals surface area contributed by atoms with Crippen LogP contribution in [0.25, 0.3) is 22.0 Å². The van der Waals surface area contributed by atoms with Crippen molar-refractivity contribution in [1.82, 2.24) is 0 Å². The van der Waals surface area contributed by atoms with Gasteiger partial charge in [-0.2, -0.15) is 4.57 Å². The summed E-state index contributed by atoms with van der Waals surface area (Å²) in [4.78, 5) is 0. The Morgan fingerprint density at radius 3 is 2.41 bits per heavy atom. The minimum Gasteiger partial charge on any atom is -0.206 e. The number of pyridine rings is 1. The van der Waals surface area contributed by atoms with E-state index in [4.69, 9.17) is 0 Å². The van der Waals surface area contributed by atoms with Crippen molar-refractivity contribution in [2.75, 3.05) is 0 Å². The second-order valence-corrected chi connectivity index (χ2v) is 9.63. The van der Waals surface area contributed by atoms with Gasteiger partial charge in [-0.25, -0.2) is 4.39 Å². The molecule has 0 aliphatic heterocycles. The SMILES string of the molecule is Cc1cc(-c2c3ccc(C4CC5CCC4C5)cc3cc(C)[n+]2C)c(C)c(C)c1F. The van der Waals surface area contributed by atoms with Crippen LogP contribution in [-0.2, 0) is 7.05 Å². The highest BCUT2D eigenvalue weighted by Gasteiger charge is 2.40. The summed E-state index contributed by atoms with van der Waals surface area (Å²) in [6.45, 7) is 7.99. The van der Waals surface area contributed by atoms with Gasteiger partial charge in [0.2, 0.25) is 5.69 Å². The number of fused-ring (bicyclic) bond motifs is 3. The summed E-state index contributed by atoms with van der Waals surface area (Å²) < 4.78 is 16.7. The van der Waals surface area contributed by atoms with Crippen LogP contribution in [0, 0.1) is 45.3 Å². The van der Waals surface area contributed by atoms with Crippen molar-refractivity contribution < 1.29 is 8.96 Å². The molecule has 1 aromatic heterocycles. The van der Waals surface area contributed by atoms with E-state index in [0.717, 1.165) is 40.0 Å². The summed E-state index contributed by atoms with van der Waals surface area (Å²) in [6, 6.07) is 11.5. The molecule has 2 heteroatoms. The van der Waals surface area contributed by atoms with Crippen LogP contribution in [0.3, 0.4) is 0 Å². The molecule has 2 fully saturated rings. The number of rotatable bonds is 2. The van der Waals surface area contributed by atoms with Gasteiger partial charge in [-0.15, -0.1) is 0 Å². The molecule has 0 radical (unpaired) electrons. The summed E-state index contributed by atoms with van der Waals surface area (Å²) >= 11 is 0. The van der Waals surface area contributed by atoms with E-state index in [1.807, 2.05) is 26.8 Å². The molecule has 2 aromatic carbocycles. The summed E-state index contributed by atoms with van der Waals surface area (Å²) in [5, 5.41) is 2.58. The van der Waals surface area contributed by atoms with Crippen LogP contribution in [0.2, 0.25) is 0 Å². The maximum absolute atomic E-state index is 14.5. The third-order valence-electron chi connectivity index (χ3n) is 7.98. The van der Waals surface area contributed by atoms with E-state index < -0.39 is 0 Å². The van der Waals surface area contributed by atoms with E-state index >= 15 is 0 Å². The quantitative estimate of drug-likeness (QED) is 0.435. The third-order valence-corrected chi connectivity index (χ3v) is 7.98. The van der Waals surface area contributed by atoms with E-state index in [-0.39, 0.29) is 5.82 Å². The molecule has 0 saturated heterocycles. The van der Waals surface area contributed by atoms with Crippen LogP contribution in [0.1, 0.15) is 59.5 Å². The predicted molar refractivity (Wildman–Crippen MR) is 118 cm³/mol. The van der Waals surface area contributed by atoms with E-state index in [1.165, 1.54) is 53.4 Å². The van der Waals surface area contributed by atoms with E-state index in [1.54, 1.807) is 0 Å². The van der Waals surface area contributed by atoms with Crippen molar-refractivity contribution >= 4 is 10.8 Å². The van der Waals surface area contributed by atoms with Gasteiger partial charge in [0.05, 0.1) is 10.9 Å². The average Bonchev–Trinajstić information content (AvgIpc) is 3.34. The molecule has 0 amide bonds. The van der Waals surface area contributed by atoms with Gasteiger partial charge in [-0.3, -0.25) is 0 Å². The van der Waals surface area contributed by atoms with Crippen LogP contribution in [-0.4, -0.2) is 0 Å². The van der Waals surface area contributed by atoms with Gasteiger partial charge in [-0.05, 0) is 97.6 Å². The second kappa shape index (κ2) is 6.65. The third kappa shape index (κ3) is 2.83. The number of aryl methyl sites for hydroxylation is 2. The van der Waals surface area contributed by atoms with Crippen molar-refractivity contribution in [3.8, 4) is 11.3 Å². The minimum atomic E-state index is -0.0792. The van der Waals surface area contributed by atoms with Gasteiger partial charge in [0.25, 0.3) is 0 Å². The maximum atomic E-state index is 14.5. The van der Waals surface area contributed by atoms with Crippen molar-refractivity contribution in [2.45, 2.75) is 59.3 Å². The molecule has 3 aromatic rings. The molecular formula is C27H31FN+. The Kier molecular flexibility index (Phi) is 4.31. The van der Waals surface area contributed by atoms with Crippen molar-refractivity contribution in [3.63, 3.8) is 0 Å². The van der Waals surface area contributed by atoms with E-state index in [2.05, 4.69) is 42.8 Å². The Labute approximate surface area is 173 Å². The molecule has 3 atom stereocenters. The topological polar surface area (TPSA) is 3.88 Å². The molecule has 2 bridgehead atoms. The number of aromatic nitrogens is 1. The van der Waals surface area contributed by atoms with Gasteiger partial charge in [-0.1, -0.05) is 18.6 Å². The maximum Gasteiger partial charge on any atom is 0.220 e. The van der Waals surface area contributed by atoms with Crippen LogP contribution in [0.15, 0.2) is 30.3 Å². The molecule has 150 valence electrons. The van der Waals surface area contributed by atoms with Crippen molar-refractivity contribution in [1.29, 1.82) is 0 Å². The van der Waals surface area contributed by atoms with Crippen LogP contribution in [0.5, 0.6) is 0 Å². The molecule has 29 heavy (non-hydrogen) atoms. The number of halogens is 1. The number of nitrogens with zero attached hydrogens (tertiary/aromatic N) is 1. The summed E-state index contributed by atoms with van der Waals surface area (Å²) in [5.41, 5.74) is 7.61. The standard InChI is InChI=1S/C27H31FN/c1-15-10-24(17(3)18(4)26(15)28)27-23-9-8-21(14-22(23)11-16(2)29(27)5)25-13-19-6-7-20(25)12-19/h8-11,14,19-20,25H,6-7,12-13H2,1-5H3/q+1. The molecule has 2 aliphatic carbocycles. The molecule has 3 unspecified atom stereocenters. The lowest BCUT2D eigenvalue weighted by Crippen LogP contribution is -2.35. The Bertz CT molecular complexity index is 1140. The van der Waals surface area contributed by atoms with Gasteiger partial charge in [0, 0.05) is 13.0 Å². The first-order valence-electron chi connectivity index (χ1n) is 11.0. The summed E-state index contributed by atoms with van der Waals surface area (Å²) in [5.74, 6) is 2.51. The molecule has 2 aliphatic rings. The lowest BCUT2D eigenvalue weighted by Gasteiger charge is -2.22. The Balaban J connectivity index is 1.71. The number of hydrogen-bond donors (Lipinski definition) is 0. The molecule has 0 spiro atoms. The van der Waals surface area contributed by atoms with Crippen molar-refractivity contribution in [2.24, 2.45) is 18.9 Å². The predicted octanol–water partition coefficient (Wildman–Crippen LogP) is 6.61. The zero-order valence-electron chi connectivity index (χ0n) is 18.3. The highest BCUT2D eigenvalue weighted by molar-refractivity contribution is 5.94. The Hall–Kier alpha value is -2.22. The first-order valence-corrected chi connectivity index (χ1v) is 11.0. The van der Waals surface area contributed by atoms with Crippen LogP contribution < -0.4 is 4.57 Å². The largest absolute Gasteiger partial charge is 0.220 e. The van der Waals surface area contributed by atoms with E-state index in [0.29, 0.717) is 0 Å². The normalized spacial score (nSPS) is 23.3. The fraction of sp³-hybridized carbons (Fsp3) is 0.444. The summed E-state index contributed by atoms with van der Waals surface area (Å²) in [7, 11) is 2.13. The average molecular weight is 389 g/mol. The number of hydrogen-bond acceptors (Lipinski definition) is 0. The second-order valence-electron chi connectivity index (χ2n) is 9.63. The Morgan fingerprint density at radius 1 is 0.931 bits per heavy atom. The smallest absolute Gasteiger partial charge is 0.206 e. The fourth-order valence-corrected chi connectivity index (χ4v) is 6.10. The van der Waals surface area contributed by atoms with Gasteiger partial charge in [0.1, 0.15) is 12.9 Å². The number of benzene rings is 2. The minimum absolute atomic E-state index is 0.0792. The first kappa shape index (κ1) is 18.8. The van der Waals surface area contributed by atoms with Gasteiger partial charge < -0.3 is 0 Å². The van der Waals surface area contributed by atoms with Crippen molar-refractivity contribution in [3.05, 3.63) is 64.1 Å². The molecule has 2 saturated carbocycles. The molecule has 5 rings (SSSR count). The molecule has 0 N–H and O–H groups in total. The highest BCUT2D eigenvalue weighted by atomic mass is 19.1. The molecular weight excluding hydrogens is 357 g/mol. The lowest BCUT2D eigenvalue weighted by atomic mass is 9.82. The first-order chi connectivity index (χ1) is 13.8. The van der Waals surface area contributed by atoms with Crippen LogP contribution in [0.4, 0.5) is 4.39 Å². The molecule has 1 nitrogen and oxygen atoms in total. The fourth-order valence-electron chi connectivity index (χ4n) is 6.10. The lowest BCUT2D eigenvalue weighted by molar-refractivity contribution is -0.665. The van der Waals surface area contributed by atoms with Crippen LogP contribution >= 0.6 is 0 Å². The Morgan fingerprint density at radius 2 is 1.72 bits per heavy atom. The highest BCUT2D eigenvalue weighted by Crippen LogP contribution is 2.53.